The Morgan fingerprint density at radius 2 is 2.04 bits per heavy atom. The number of hydrogen-bond donors (Lipinski definition) is 2. The molecule has 0 radical (unpaired) electrons. The molecule has 25 heavy (non-hydrogen) atoms. The van der Waals surface area contributed by atoms with Gasteiger partial charge in [0.1, 0.15) is 0 Å². The molecule has 5 nitrogen and oxygen atoms in total. The van der Waals surface area contributed by atoms with Gasteiger partial charge in [0.05, 0.1) is 17.4 Å². The highest BCUT2D eigenvalue weighted by Crippen LogP contribution is 2.33. The molecule has 1 aliphatic heterocycles. The Morgan fingerprint density at radius 3 is 3.00 bits per heavy atom. The van der Waals surface area contributed by atoms with Gasteiger partial charge in [-0.15, -0.1) is 0 Å². The minimum atomic E-state index is 0.0961. The first-order valence-corrected chi connectivity index (χ1v) is 8.58. The Kier molecular flexibility index (Phi) is 3.13. The van der Waals surface area contributed by atoms with E-state index in [1.54, 1.807) is 6.33 Å². The van der Waals surface area contributed by atoms with Gasteiger partial charge in [0.2, 0.25) is 0 Å². The summed E-state index contributed by atoms with van der Waals surface area (Å²) < 4.78 is 0. The molecule has 1 unspecified atom stereocenters. The molecular formula is C20H18N4O. The quantitative estimate of drug-likeness (QED) is 0.589. The number of hydrogen-bond acceptors (Lipinski definition) is 2. The van der Waals surface area contributed by atoms with Crippen LogP contribution in [0.25, 0.3) is 21.9 Å². The fourth-order valence-electron chi connectivity index (χ4n) is 3.88. The summed E-state index contributed by atoms with van der Waals surface area (Å²) >= 11 is 0. The molecule has 1 aliphatic rings. The lowest BCUT2D eigenvalue weighted by molar-refractivity contribution is 0.0791. The number of aromatic amines is 2. The SMILES string of the molecule is O=C(c1ccc2nc[nH]c2c1)N1CCC(c2c[nH]c3ccccc23)C1. The van der Waals surface area contributed by atoms with E-state index in [0.29, 0.717) is 5.92 Å². The van der Waals surface area contributed by atoms with Crippen LogP contribution < -0.4 is 0 Å². The average molecular weight is 330 g/mol. The zero-order valence-electron chi connectivity index (χ0n) is 13.7. The maximum absolute atomic E-state index is 12.9. The van der Waals surface area contributed by atoms with E-state index in [0.717, 1.165) is 41.6 Å². The molecule has 1 saturated heterocycles. The van der Waals surface area contributed by atoms with Crippen molar-refractivity contribution in [3.05, 3.63) is 66.1 Å². The van der Waals surface area contributed by atoms with Crippen molar-refractivity contribution in [1.29, 1.82) is 0 Å². The van der Waals surface area contributed by atoms with E-state index in [2.05, 4.69) is 39.3 Å². The number of carbonyl (C=O) groups excluding carboxylic acids is 1. The molecule has 5 rings (SSSR count). The average Bonchev–Trinajstić information content (AvgIpc) is 3.38. The molecule has 1 amide bonds. The lowest BCUT2D eigenvalue weighted by atomic mass is 9.98. The summed E-state index contributed by atoms with van der Waals surface area (Å²) in [5.41, 5.74) is 4.98. The third-order valence-electron chi connectivity index (χ3n) is 5.20. The summed E-state index contributed by atoms with van der Waals surface area (Å²) in [4.78, 5) is 25.5. The highest BCUT2D eigenvalue weighted by atomic mass is 16.2. The van der Waals surface area contributed by atoms with Gasteiger partial charge < -0.3 is 14.9 Å². The summed E-state index contributed by atoms with van der Waals surface area (Å²) in [5.74, 6) is 0.481. The van der Waals surface area contributed by atoms with Crippen molar-refractivity contribution in [1.82, 2.24) is 19.9 Å². The summed E-state index contributed by atoms with van der Waals surface area (Å²) in [6.45, 7) is 1.56. The minimum absolute atomic E-state index is 0.0961. The maximum atomic E-state index is 12.9. The van der Waals surface area contributed by atoms with E-state index in [-0.39, 0.29) is 5.91 Å². The van der Waals surface area contributed by atoms with Gasteiger partial charge in [-0.05, 0) is 36.2 Å². The van der Waals surface area contributed by atoms with Crippen molar-refractivity contribution in [2.45, 2.75) is 12.3 Å². The van der Waals surface area contributed by atoms with Gasteiger partial charge in [0.15, 0.2) is 0 Å². The third-order valence-corrected chi connectivity index (χ3v) is 5.20. The van der Waals surface area contributed by atoms with Crippen LogP contribution in [-0.4, -0.2) is 38.8 Å². The molecule has 0 bridgehead atoms. The van der Waals surface area contributed by atoms with Gasteiger partial charge in [-0.1, -0.05) is 18.2 Å². The topological polar surface area (TPSA) is 64.8 Å². The van der Waals surface area contributed by atoms with Crippen LogP contribution in [0, 0.1) is 0 Å². The van der Waals surface area contributed by atoms with Crippen LogP contribution in [0.1, 0.15) is 28.3 Å². The second-order valence-corrected chi connectivity index (χ2v) is 6.66. The van der Waals surface area contributed by atoms with Crippen LogP contribution in [0.3, 0.4) is 0 Å². The van der Waals surface area contributed by atoms with Gasteiger partial charge in [0, 0.05) is 41.7 Å². The largest absolute Gasteiger partial charge is 0.361 e. The Balaban J connectivity index is 1.40. The van der Waals surface area contributed by atoms with Crippen LogP contribution in [0.4, 0.5) is 0 Å². The van der Waals surface area contributed by atoms with Gasteiger partial charge in [-0.25, -0.2) is 4.98 Å². The lowest BCUT2D eigenvalue weighted by Crippen LogP contribution is -2.28. The van der Waals surface area contributed by atoms with E-state index < -0.39 is 0 Å². The van der Waals surface area contributed by atoms with E-state index in [4.69, 9.17) is 0 Å². The zero-order chi connectivity index (χ0) is 16.8. The number of H-pyrrole nitrogens is 2. The van der Waals surface area contributed by atoms with E-state index in [1.165, 1.54) is 10.9 Å². The number of fused-ring (bicyclic) bond motifs is 2. The molecule has 0 spiro atoms. The normalized spacial score (nSPS) is 17.6. The predicted molar refractivity (Wildman–Crippen MR) is 97.7 cm³/mol. The molecule has 3 heterocycles. The molecule has 2 aromatic heterocycles. The summed E-state index contributed by atoms with van der Waals surface area (Å²) in [7, 11) is 0. The number of nitrogens with one attached hydrogen (secondary N) is 2. The van der Waals surface area contributed by atoms with Crippen molar-refractivity contribution in [3.8, 4) is 0 Å². The molecule has 0 aliphatic carbocycles. The molecule has 1 atom stereocenters. The monoisotopic (exact) mass is 330 g/mol. The fraction of sp³-hybridized carbons (Fsp3) is 0.200. The molecule has 0 saturated carbocycles. The number of rotatable bonds is 2. The van der Waals surface area contributed by atoms with Gasteiger partial charge >= 0.3 is 0 Å². The van der Waals surface area contributed by atoms with Crippen molar-refractivity contribution in [2.75, 3.05) is 13.1 Å². The number of amides is 1. The number of carbonyl (C=O) groups is 1. The number of nitrogens with zero attached hydrogens (tertiary/aromatic N) is 2. The number of para-hydroxylation sites is 1. The molecule has 2 N–H and O–H groups in total. The van der Waals surface area contributed by atoms with Gasteiger partial charge in [-0.3, -0.25) is 4.79 Å². The van der Waals surface area contributed by atoms with Crippen molar-refractivity contribution in [3.63, 3.8) is 0 Å². The van der Waals surface area contributed by atoms with Gasteiger partial charge in [-0.2, -0.15) is 0 Å². The lowest BCUT2D eigenvalue weighted by Gasteiger charge is -2.16. The van der Waals surface area contributed by atoms with Crippen LogP contribution in [0.15, 0.2) is 55.0 Å². The third kappa shape index (κ3) is 2.31. The summed E-state index contributed by atoms with van der Waals surface area (Å²) in [6.07, 6.45) is 4.75. The van der Waals surface area contributed by atoms with Crippen LogP contribution in [0.5, 0.6) is 0 Å². The zero-order valence-corrected chi connectivity index (χ0v) is 13.7. The molecule has 4 aromatic rings. The first-order valence-electron chi connectivity index (χ1n) is 8.58. The summed E-state index contributed by atoms with van der Waals surface area (Å²) in [6, 6.07) is 14.0. The van der Waals surface area contributed by atoms with Crippen molar-refractivity contribution < 1.29 is 4.79 Å². The molecular weight excluding hydrogens is 312 g/mol. The maximum Gasteiger partial charge on any atom is 0.253 e. The van der Waals surface area contributed by atoms with Crippen LogP contribution in [0.2, 0.25) is 0 Å². The number of aromatic nitrogens is 3. The Morgan fingerprint density at radius 1 is 1.12 bits per heavy atom. The van der Waals surface area contributed by atoms with E-state index >= 15 is 0 Å². The minimum Gasteiger partial charge on any atom is -0.361 e. The number of benzene rings is 2. The highest BCUT2D eigenvalue weighted by Gasteiger charge is 2.29. The van der Waals surface area contributed by atoms with E-state index in [1.807, 2.05) is 29.2 Å². The molecule has 5 heteroatoms. The fourth-order valence-corrected chi connectivity index (χ4v) is 3.88. The van der Waals surface area contributed by atoms with Gasteiger partial charge in [0.25, 0.3) is 5.91 Å². The van der Waals surface area contributed by atoms with Crippen molar-refractivity contribution in [2.24, 2.45) is 0 Å². The highest BCUT2D eigenvalue weighted by molar-refractivity contribution is 5.97. The standard InChI is InChI=1S/C20H18N4O/c25-20(13-5-6-18-19(9-13)23-12-22-18)24-8-7-14(11-24)16-10-21-17-4-2-1-3-15(16)17/h1-6,9-10,12,14,21H,7-8,11H2,(H,22,23). The second kappa shape index (κ2) is 5.48. The van der Waals surface area contributed by atoms with E-state index in [9.17, 15) is 4.79 Å². The first kappa shape index (κ1) is 14.3. The Bertz CT molecular complexity index is 1080. The van der Waals surface area contributed by atoms with Crippen LogP contribution >= 0.6 is 0 Å². The number of likely N-dealkylation sites (tertiary alicyclic amines) is 1. The Hall–Kier alpha value is -3.08. The predicted octanol–water partition coefficient (Wildman–Crippen LogP) is 3.67. The summed E-state index contributed by atoms with van der Waals surface area (Å²) in [5, 5.41) is 1.26. The van der Waals surface area contributed by atoms with Crippen LogP contribution in [-0.2, 0) is 0 Å². The van der Waals surface area contributed by atoms with Crippen molar-refractivity contribution >= 4 is 27.8 Å². The first-order chi connectivity index (χ1) is 12.3. The second-order valence-electron chi connectivity index (χ2n) is 6.66. The molecule has 2 aromatic carbocycles. The number of imidazole rings is 1. The Labute approximate surface area is 144 Å². The molecule has 1 fully saturated rings. The molecule has 124 valence electrons. The smallest absolute Gasteiger partial charge is 0.253 e.